The van der Waals surface area contributed by atoms with Crippen molar-refractivity contribution in [3.05, 3.63) is 59.7 Å². The number of hydrogen-bond acceptors (Lipinski definition) is 7. The zero-order valence-corrected chi connectivity index (χ0v) is 23.5. The van der Waals surface area contributed by atoms with Crippen LogP contribution in [0.1, 0.15) is 78.1 Å². The van der Waals surface area contributed by atoms with Crippen molar-refractivity contribution < 1.29 is 33.4 Å². The van der Waals surface area contributed by atoms with E-state index in [1.807, 2.05) is 58.9 Å². The molecule has 3 rings (SSSR count). The molecule has 1 saturated carbocycles. The highest BCUT2D eigenvalue weighted by atomic mass is 16.6. The molecule has 0 amide bonds. The fraction of sp³-hybridized carbons (Fsp3) is 0.548. The second kappa shape index (κ2) is 11.7. The van der Waals surface area contributed by atoms with Gasteiger partial charge < -0.3 is 14.2 Å². The molecule has 6 atom stereocenters. The van der Waals surface area contributed by atoms with Gasteiger partial charge in [0.15, 0.2) is 5.60 Å². The van der Waals surface area contributed by atoms with Crippen LogP contribution in [0.15, 0.2) is 54.1 Å². The minimum atomic E-state index is -1.28. The largest absolute Gasteiger partial charge is 0.458 e. The molecule has 2 aliphatic rings. The van der Waals surface area contributed by atoms with Crippen LogP contribution in [0.5, 0.6) is 0 Å². The fourth-order valence-electron chi connectivity index (χ4n) is 5.76. The second-order valence-corrected chi connectivity index (χ2v) is 11.4. The topological polar surface area (TPSA) is 96.0 Å². The highest BCUT2D eigenvalue weighted by molar-refractivity contribution is 5.89. The lowest BCUT2D eigenvalue weighted by Crippen LogP contribution is -2.54. The summed E-state index contributed by atoms with van der Waals surface area (Å²) < 4.78 is 18.2. The number of hydrogen-bond donors (Lipinski definition) is 0. The first-order valence-corrected chi connectivity index (χ1v) is 13.3. The van der Waals surface area contributed by atoms with Crippen molar-refractivity contribution in [1.29, 1.82) is 0 Å². The number of allylic oxidation sites excluding steroid dienone is 2. The summed E-state index contributed by atoms with van der Waals surface area (Å²) >= 11 is 0. The molecule has 206 valence electrons. The van der Waals surface area contributed by atoms with Gasteiger partial charge in [0.25, 0.3) is 0 Å². The van der Waals surface area contributed by atoms with Gasteiger partial charge in [0.2, 0.25) is 0 Å². The number of Topliss-reactive ketones (excluding diaryl/α,β-unsaturated/α-hetero) is 1. The maximum atomic E-state index is 13.2. The van der Waals surface area contributed by atoms with Crippen molar-refractivity contribution in [1.82, 2.24) is 0 Å². The first-order valence-electron chi connectivity index (χ1n) is 13.3. The Bertz CT molecular complexity index is 1120. The predicted molar refractivity (Wildman–Crippen MR) is 143 cm³/mol. The van der Waals surface area contributed by atoms with Crippen LogP contribution in [0.2, 0.25) is 0 Å². The standard InChI is InChI=1S/C31H40O7/c1-19-13-14-26(34)30(6,7)16-15-20(2)28(36-22(4)32)31(38-23(5)33)18-21(3)27(25(31)17-19)37-29(35)24-11-9-8-10-12-24/h8-12,15-17,20-21,25,27-28H,13-14,18H2,1-7H3/b16-15+,19-17+/t20-,21-,25+,27+,28-,31-/m1/s1. The van der Waals surface area contributed by atoms with Crippen LogP contribution in [0.25, 0.3) is 0 Å². The van der Waals surface area contributed by atoms with Crippen molar-refractivity contribution in [2.45, 2.75) is 85.5 Å². The van der Waals surface area contributed by atoms with E-state index in [0.717, 1.165) is 5.57 Å². The molecule has 1 aromatic rings. The monoisotopic (exact) mass is 524 g/mol. The van der Waals surface area contributed by atoms with E-state index in [4.69, 9.17) is 14.2 Å². The molecular weight excluding hydrogens is 484 g/mol. The lowest BCUT2D eigenvalue weighted by Gasteiger charge is -2.42. The Labute approximate surface area is 225 Å². The van der Waals surface area contributed by atoms with Crippen LogP contribution >= 0.6 is 0 Å². The molecule has 0 bridgehead atoms. The lowest BCUT2D eigenvalue weighted by atomic mass is 9.75. The zero-order chi connectivity index (χ0) is 28.3. The Hall–Kier alpha value is -3.22. The van der Waals surface area contributed by atoms with Gasteiger partial charge in [0.1, 0.15) is 18.0 Å². The lowest BCUT2D eigenvalue weighted by molar-refractivity contribution is -0.195. The third-order valence-electron chi connectivity index (χ3n) is 7.70. The number of carbonyl (C=O) groups excluding carboxylic acids is 4. The molecule has 0 aliphatic heterocycles. The summed E-state index contributed by atoms with van der Waals surface area (Å²) in [6.07, 6.45) is 5.31. The van der Waals surface area contributed by atoms with E-state index in [0.29, 0.717) is 24.8 Å². The molecule has 0 saturated heterocycles. The molecule has 1 fully saturated rings. The molecule has 2 aliphatic carbocycles. The Morgan fingerprint density at radius 3 is 2.21 bits per heavy atom. The van der Waals surface area contributed by atoms with Crippen LogP contribution in [0.4, 0.5) is 0 Å². The fourth-order valence-corrected chi connectivity index (χ4v) is 5.76. The quantitative estimate of drug-likeness (QED) is 0.286. The first kappa shape index (κ1) is 29.3. The minimum absolute atomic E-state index is 0.0939. The van der Waals surface area contributed by atoms with Gasteiger partial charge in [-0.25, -0.2) is 4.79 Å². The second-order valence-electron chi connectivity index (χ2n) is 11.4. The van der Waals surface area contributed by atoms with E-state index < -0.39 is 53.0 Å². The van der Waals surface area contributed by atoms with E-state index >= 15 is 0 Å². The van der Waals surface area contributed by atoms with E-state index in [-0.39, 0.29) is 11.7 Å². The maximum Gasteiger partial charge on any atom is 0.338 e. The molecule has 38 heavy (non-hydrogen) atoms. The van der Waals surface area contributed by atoms with Crippen LogP contribution in [0, 0.1) is 23.2 Å². The molecule has 0 radical (unpaired) electrons. The Balaban J connectivity index is 2.19. The number of benzene rings is 1. The van der Waals surface area contributed by atoms with Gasteiger partial charge >= 0.3 is 17.9 Å². The minimum Gasteiger partial charge on any atom is -0.458 e. The normalized spacial score (nSPS) is 33.4. The van der Waals surface area contributed by atoms with Gasteiger partial charge in [0.05, 0.1) is 11.5 Å². The average Bonchev–Trinajstić information content (AvgIpc) is 3.09. The SMILES string of the molecule is CC(=O)O[C@@H]1[C@H](C)/C=C/C(C)(C)C(=O)CC/C(C)=C/[C@H]2[C@@H](OC(=O)c3ccccc3)[C@H](C)C[C@]12OC(C)=O. The highest BCUT2D eigenvalue weighted by Crippen LogP contribution is 2.51. The molecule has 7 heteroatoms. The van der Waals surface area contributed by atoms with Crippen molar-refractivity contribution in [2.24, 2.45) is 23.2 Å². The third kappa shape index (κ3) is 6.43. The van der Waals surface area contributed by atoms with Crippen LogP contribution < -0.4 is 0 Å². The maximum absolute atomic E-state index is 13.2. The number of esters is 3. The molecule has 0 aromatic heterocycles. The van der Waals surface area contributed by atoms with Crippen LogP contribution in [-0.4, -0.2) is 41.5 Å². The summed E-state index contributed by atoms with van der Waals surface area (Å²) in [5.41, 5.74) is -0.667. The van der Waals surface area contributed by atoms with Gasteiger partial charge in [-0.2, -0.15) is 0 Å². The van der Waals surface area contributed by atoms with Crippen LogP contribution in [0.3, 0.4) is 0 Å². The summed E-state index contributed by atoms with van der Waals surface area (Å²) in [7, 11) is 0. The van der Waals surface area contributed by atoms with E-state index in [9.17, 15) is 19.2 Å². The summed E-state index contributed by atoms with van der Waals surface area (Å²) in [5.74, 6) is -2.63. The van der Waals surface area contributed by atoms with Gasteiger partial charge in [-0.05, 0) is 51.7 Å². The summed E-state index contributed by atoms with van der Waals surface area (Å²) in [5, 5.41) is 0. The van der Waals surface area contributed by atoms with Gasteiger partial charge in [-0.3, -0.25) is 14.4 Å². The number of ketones is 1. The predicted octanol–water partition coefficient (Wildman–Crippen LogP) is 5.63. The first-order chi connectivity index (χ1) is 17.8. The Kier molecular flexibility index (Phi) is 9.01. The summed E-state index contributed by atoms with van der Waals surface area (Å²) in [6, 6.07) is 8.72. The van der Waals surface area contributed by atoms with E-state index in [1.54, 1.807) is 24.3 Å². The number of rotatable bonds is 4. The smallest absolute Gasteiger partial charge is 0.338 e. The number of fused-ring (bicyclic) bond motifs is 1. The molecule has 1 aromatic carbocycles. The highest BCUT2D eigenvalue weighted by Gasteiger charge is 2.61. The molecular formula is C31H40O7. The van der Waals surface area contributed by atoms with Crippen molar-refractivity contribution in [3.63, 3.8) is 0 Å². The molecule has 0 N–H and O–H groups in total. The van der Waals surface area contributed by atoms with Crippen molar-refractivity contribution in [3.8, 4) is 0 Å². The van der Waals surface area contributed by atoms with Gasteiger partial charge in [0, 0.05) is 31.6 Å². The van der Waals surface area contributed by atoms with E-state index in [2.05, 4.69) is 0 Å². The van der Waals surface area contributed by atoms with E-state index in [1.165, 1.54) is 13.8 Å². The van der Waals surface area contributed by atoms with Gasteiger partial charge in [-0.15, -0.1) is 0 Å². The van der Waals surface area contributed by atoms with Gasteiger partial charge in [-0.1, -0.05) is 55.8 Å². The third-order valence-corrected chi connectivity index (χ3v) is 7.70. The zero-order valence-electron chi connectivity index (χ0n) is 23.5. The number of carbonyl (C=O) groups is 4. The Morgan fingerprint density at radius 2 is 1.61 bits per heavy atom. The number of ether oxygens (including phenoxy) is 3. The van der Waals surface area contributed by atoms with Crippen molar-refractivity contribution in [2.75, 3.05) is 0 Å². The van der Waals surface area contributed by atoms with Crippen LogP contribution in [-0.2, 0) is 28.6 Å². The Morgan fingerprint density at radius 1 is 0.947 bits per heavy atom. The molecule has 0 unspecified atom stereocenters. The molecule has 7 nitrogen and oxygen atoms in total. The average molecular weight is 525 g/mol. The summed E-state index contributed by atoms with van der Waals surface area (Å²) in [4.78, 5) is 51.1. The summed E-state index contributed by atoms with van der Waals surface area (Å²) in [6.45, 7) is 12.1. The molecule has 0 spiro atoms. The molecule has 0 heterocycles. The van der Waals surface area contributed by atoms with Crippen molar-refractivity contribution >= 4 is 23.7 Å².